The van der Waals surface area contributed by atoms with Gasteiger partial charge in [0.1, 0.15) is 0 Å². The molecule has 0 heterocycles. The maximum atomic E-state index is 13.1. The maximum Gasteiger partial charge on any atom is 0.418 e. The number of nitro benzene ring substituents is 1. The second-order valence-electron chi connectivity index (χ2n) is 5.36. The van der Waals surface area contributed by atoms with Crippen molar-refractivity contribution in [2.24, 2.45) is 5.92 Å². The molecule has 126 valence electrons. The van der Waals surface area contributed by atoms with Crippen LogP contribution >= 0.6 is 0 Å². The molecule has 1 aromatic carbocycles. The van der Waals surface area contributed by atoms with Crippen LogP contribution in [0.5, 0.6) is 0 Å². The molecule has 0 bridgehead atoms. The van der Waals surface area contributed by atoms with Gasteiger partial charge in [0.2, 0.25) is 0 Å². The Morgan fingerprint density at radius 1 is 1.39 bits per heavy atom. The van der Waals surface area contributed by atoms with Crippen molar-refractivity contribution in [3.8, 4) is 0 Å². The molecule has 2 rings (SSSR count). The number of alkyl halides is 3. The lowest BCUT2D eigenvalue weighted by Crippen LogP contribution is -2.21. The molecule has 23 heavy (non-hydrogen) atoms. The quantitative estimate of drug-likeness (QED) is 0.519. The van der Waals surface area contributed by atoms with Gasteiger partial charge in [-0.15, -0.1) is 0 Å². The van der Waals surface area contributed by atoms with Crippen LogP contribution < -0.4 is 5.32 Å². The van der Waals surface area contributed by atoms with E-state index in [1.54, 1.807) is 0 Å². The molecule has 2 atom stereocenters. The molecule has 0 unspecified atom stereocenters. The van der Waals surface area contributed by atoms with Crippen LogP contribution in [0, 0.1) is 16.0 Å². The van der Waals surface area contributed by atoms with E-state index in [0.29, 0.717) is 25.3 Å². The first-order valence-electron chi connectivity index (χ1n) is 6.92. The zero-order valence-electron chi connectivity index (χ0n) is 12.2. The first kappa shape index (κ1) is 17.0. The van der Waals surface area contributed by atoms with Crippen molar-refractivity contribution in [2.75, 3.05) is 12.4 Å². The largest absolute Gasteiger partial charge is 0.469 e. The number of benzene rings is 1. The Kier molecular flexibility index (Phi) is 4.76. The van der Waals surface area contributed by atoms with Gasteiger partial charge in [0.25, 0.3) is 5.69 Å². The first-order chi connectivity index (χ1) is 10.7. The van der Waals surface area contributed by atoms with Gasteiger partial charge in [0.15, 0.2) is 0 Å². The fraction of sp³-hybridized carbons (Fsp3) is 0.500. The molecule has 1 aliphatic rings. The van der Waals surface area contributed by atoms with E-state index in [1.165, 1.54) is 7.11 Å². The van der Waals surface area contributed by atoms with E-state index in [9.17, 15) is 28.1 Å². The van der Waals surface area contributed by atoms with Gasteiger partial charge >= 0.3 is 12.1 Å². The number of carbonyl (C=O) groups is 1. The van der Waals surface area contributed by atoms with Crippen molar-refractivity contribution in [2.45, 2.75) is 31.5 Å². The number of halogens is 3. The lowest BCUT2D eigenvalue weighted by molar-refractivity contribution is -0.385. The molecule has 0 saturated heterocycles. The van der Waals surface area contributed by atoms with E-state index in [4.69, 9.17) is 0 Å². The normalized spacial score (nSPS) is 21.0. The summed E-state index contributed by atoms with van der Waals surface area (Å²) in [4.78, 5) is 21.2. The van der Waals surface area contributed by atoms with Gasteiger partial charge in [-0.2, -0.15) is 13.2 Å². The first-order valence-corrected chi connectivity index (χ1v) is 6.92. The third-order valence-electron chi connectivity index (χ3n) is 3.85. The Balaban J connectivity index is 2.20. The number of non-ortho nitro benzene ring substituents is 1. The summed E-state index contributed by atoms with van der Waals surface area (Å²) in [6, 6.07) is 2.26. The number of methoxy groups -OCH3 is 1. The summed E-state index contributed by atoms with van der Waals surface area (Å²) in [7, 11) is 1.27. The fourth-order valence-corrected chi connectivity index (χ4v) is 2.72. The number of rotatable bonds is 4. The van der Waals surface area contributed by atoms with Crippen molar-refractivity contribution in [3.63, 3.8) is 0 Å². The minimum Gasteiger partial charge on any atom is -0.469 e. The molecule has 1 fully saturated rings. The van der Waals surface area contributed by atoms with Gasteiger partial charge in [0.05, 0.1) is 23.5 Å². The maximum absolute atomic E-state index is 13.1. The average Bonchev–Trinajstić information content (AvgIpc) is 2.94. The summed E-state index contributed by atoms with van der Waals surface area (Å²) in [5.74, 6) is -0.723. The number of hydrogen-bond donors (Lipinski definition) is 1. The summed E-state index contributed by atoms with van der Waals surface area (Å²) >= 11 is 0. The van der Waals surface area contributed by atoms with Crippen molar-refractivity contribution in [1.82, 2.24) is 0 Å². The summed E-state index contributed by atoms with van der Waals surface area (Å²) in [5, 5.41) is 13.4. The molecule has 0 aromatic heterocycles. The lowest BCUT2D eigenvalue weighted by atomic mass is 10.1. The number of esters is 1. The topological polar surface area (TPSA) is 81.5 Å². The number of anilines is 1. The van der Waals surface area contributed by atoms with Gasteiger partial charge < -0.3 is 10.1 Å². The Morgan fingerprint density at radius 3 is 2.65 bits per heavy atom. The Labute approximate surface area is 129 Å². The van der Waals surface area contributed by atoms with Gasteiger partial charge in [-0.05, 0) is 25.3 Å². The molecule has 6 nitrogen and oxygen atoms in total. The predicted molar refractivity (Wildman–Crippen MR) is 74.9 cm³/mol. The van der Waals surface area contributed by atoms with Crippen LogP contribution in [0.25, 0.3) is 0 Å². The van der Waals surface area contributed by atoms with Gasteiger partial charge in [-0.3, -0.25) is 14.9 Å². The minimum atomic E-state index is -4.71. The van der Waals surface area contributed by atoms with Crippen molar-refractivity contribution >= 4 is 17.3 Å². The van der Waals surface area contributed by atoms with Crippen LogP contribution in [0.1, 0.15) is 24.8 Å². The molecular weight excluding hydrogens is 317 g/mol. The molecule has 1 aliphatic carbocycles. The highest BCUT2D eigenvalue weighted by molar-refractivity contribution is 5.73. The van der Waals surface area contributed by atoms with Crippen LogP contribution in [-0.4, -0.2) is 24.0 Å². The third-order valence-corrected chi connectivity index (χ3v) is 3.85. The predicted octanol–water partition coefficient (Wildman–Crippen LogP) is 3.37. The molecule has 9 heteroatoms. The van der Waals surface area contributed by atoms with E-state index in [-0.39, 0.29) is 23.6 Å². The van der Waals surface area contributed by atoms with Crippen LogP contribution in [0.3, 0.4) is 0 Å². The Bertz CT molecular complexity index is 619. The van der Waals surface area contributed by atoms with Gasteiger partial charge in [0, 0.05) is 23.9 Å². The van der Waals surface area contributed by atoms with Crippen LogP contribution in [0.2, 0.25) is 0 Å². The Hall–Kier alpha value is -2.32. The monoisotopic (exact) mass is 332 g/mol. The molecule has 0 spiro atoms. The molecule has 0 radical (unpaired) electrons. The van der Waals surface area contributed by atoms with E-state index in [1.807, 2.05) is 0 Å². The van der Waals surface area contributed by atoms with Gasteiger partial charge in [-0.25, -0.2) is 0 Å². The van der Waals surface area contributed by atoms with Crippen molar-refractivity contribution < 1.29 is 27.6 Å². The van der Waals surface area contributed by atoms with Crippen LogP contribution in [0.4, 0.5) is 24.5 Å². The number of nitro groups is 1. The number of nitrogens with zero attached hydrogens (tertiary/aromatic N) is 1. The number of nitrogens with one attached hydrogen (secondary N) is 1. The fourth-order valence-electron chi connectivity index (χ4n) is 2.72. The average molecular weight is 332 g/mol. The summed E-state index contributed by atoms with van der Waals surface area (Å²) in [6.07, 6.45) is -3.30. The molecular formula is C14H15F3N2O4. The second kappa shape index (κ2) is 6.43. The SMILES string of the molecule is COC(=O)[C@H]1CC[C@@H](Nc2ccc([N+](=O)[O-])cc2C(F)(F)F)C1. The standard InChI is InChI=1S/C14H15F3N2O4/c1-23-13(20)8-2-3-9(6-8)18-12-5-4-10(19(21)22)7-11(12)14(15,16)17/h4-5,7-9,18H,2-3,6H2,1H3/t8-,9+/m0/s1. The third kappa shape index (κ3) is 3.91. The van der Waals surface area contributed by atoms with E-state index in [2.05, 4.69) is 10.1 Å². The zero-order valence-corrected chi connectivity index (χ0v) is 12.2. The highest BCUT2D eigenvalue weighted by Crippen LogP contribution is 2.38. The zero-order chi connectivity index (χ0) is 17.2. The van der Waals surface area contributed by atoms with E-state index < -0.39 is 22.4 Å². The number of carbonyl (C=O) groups excluding carboxylic acids is 1. The lowest BCUT2D eigenvalue weighted by Gasteiger charge is -2.18. The second-order valence-corrected chi connectivity index (χ2v) is 5.36. The van der Waals surface area contributed by atoms with E-state index >= 15 is 0 Å². The van der Waals surface area contributed by atoms with Crippen LogP contribution in [0.15, 0.2) is 18.2 Å². The molecule has 1 aromatic rings. The molecule has 0 aliphatic heterocycles. The molecule has 1 N–H and O–H groups in total. The number of hydrogen-bond acceptors (Lipinski definition) is 5. The highest BCUT2D eigenvalue weighted by atomic mass is 19.4. The molecule has 1 saturated carbocycles. The molecule has 0 amide bonds. The number of ether oxygens (including phenoxy) is 1. The van der Waals surface area contributed by atoms with Crippen molar-refractivity contribution in [1.29, 1.82) is 0 Å². The highest BCUT2D eigenvalue weighted by Gasteiger charge is 2.37. The van der Waals surface area contributed by atoms with Crippen LogP contribution in [-0.2, 0) is 15.7 Å². The summed E-state index contributed by atoms with van der Waals surface area (Å²) < 4.78 is 43.9. The Morgan fingerprint density at radius 2 is 2.09 bits per heavy atom. The van der Waals surface area contributed by atoms with E-state index in [0.717, 1.165) is 12.1 Å². The minimum absolute atomic E-state index is 0.224. The van der Waals surface area contributed by atoms with Crippen molar-refractivity contribution in [3.05, 3.63) is 33.9 Å². The summed E-state index contributed by atoms with van der Waals surface area (Å²) in [6.45, 7) is 0. The van der Waals surface area contributed by atoms with Gasteiger partial charge in [-0.1, -0.05) is 0 Å². The summed E-state index contributed by atoms with van der Waals surface area (Å²) in [5.41, 5.74) is -1.94. The smallest absolute Gasteiger partial charge is 0.418 e.